The Morgan fingerprint density at radius 2 is 1.32 bits per heavy atom. The van der Waals surface area contributed by atoms with Gasteiger partial charge in [0, 0.05) is 29.8 Å². The summed E-state index contributed by atoms with van der Waals surface area (Å²) in [6.45, 7) is 11.1. The minimum Gasteiger partial charge on any atom is -0.329 e. The van der Waals surface area contributed by atoms with E-state index in [1.165, 1.54) is 12.5 Å². The molecule has 0 amide bonds. The number of rotatable bonds is 1. The Kier molecular flexibility index (Phi) is 14.5. The highest BCUT2D eigenvalue weighted by Gasteiger charge is 2.21. The molecule has 0 atom stereocenters. The summed E-state index contributed by atoms with van der Waals surface area (Å²) in [6.07, 6.45) is 2.64. The lowest BCUT2D eigenvalue weighted by atomic mass is 9.90. The third-order valence-electron chi connectivity index (χ3n) is 2.31. The Bertz CT molecular complexity index is 478. The summed E-state index contributed by atoms with van der Waals surface area (Å²) in [6, 6.07) is 6.89. The van der Waals surface area contributed by atoms with Crippen molar-refractivity contribution in [1.82, 2.24) is 0 Å². The van der Waals surface area contributed by atoms with Crippen LogP contribution in [0.5, 0.6) is 0 Å². The summed E-state index contributed by atoms with van der Waals surface area (Å²) >= 11 is 0. The summed E-state index contributed by atoms with van der Waals surface area (Å²) in [7, 11) is 0. The first kappa shape index (κ1) is 22.5. The van der Waals surface area contributed by atoms with Crippen LogP contribution in [-0.4, -0.2) is 24.7 Å². The lowest BCUT2D eigenvalue weighted by Gasteiger charge is -2.11. The normalized spacial score (nSPS) is 11.5. The molecule has 4 nitrogen and oxygen atoms in total. The SMILES string of the molecule is CC.CC1=CC(=O)c2ccccc2C1=O.CCC.NCCN. The number of hydrogen-bond acceptors (Lipinski definition) is 4. The van der Waals surface area contributed by atoms with Crippen molar-refractivity contribution in [2.24, 2.45) is 11.5 Å². The van der Waals surface area contributed by atoms with Gasteiger partial charge in [-0.05, 0) is 13.0 Å². The number of benzene rings is 1. The number of Topliss-reactive ketones (excluding diaryl/α,β-unsaturated/α-hetero) is 1. The summed E-state index contributed by atoms with van der Waals surface area (Å²) in [5, 5.41) is 0. The van der Waals surface area contributed by atoms with Crippen molar-refractivity contribution in [1.29, 1.82) is 0 Å². The van der Waals surface area contributed by atoms with Gasteiger partial charge in [0.25, 0.3) is 0 Å². The second-order valence-corrected chi connectivity index (χ2v) is 4.35. The van der Waals surface area contributed by atoms with E-state index in [1.54, 1.807) is 31.2 Å². The molecule has 0 radical (unpaired) electrons. The largest absolute Gasteiger partial charge is 0.329 e. The number of nitrogens with two attached hydrogens (primary N) is 2. The molecule has 1 aliphatic rings. The maximum atomic E-state index is 11.5. The number of carbonyl (C=O) groups excluding carboxylic acids is 2. The number of allylic oxidation sites excluding steroid dienone is 2. The highest BCUT2D eigenvalue weighted by atomic mass is 16.1. The lowest BCUT2D eigenvalue weighted by molar-refractivity contribution is 0.0984. The highest BCUT2D eigenvalue weighted by Crippen LogP contribution is 2.20. The third kappa shape index (κ3) is 7.86. The van der Waals surface area contributed by atoms with Crippen molar-refractivity contribution in [2.45, 2.75) is 41.0 Å². The molecule has 0 spiro atoms. The molecule has 0 bridgehead atoms. The molecule has 2 rings (SSSR count). The van der Waals surface area contributed by atoms with E-state index in [-0.39, 0.29) is 11.6 Å². The van der Waals surface area contributed by atoms with E-state index >= 15 is 0 Å². The van der Waals surface area contributed by atoms with Crippen molar-refractivity contribution in [2.75, 3.05) is 13.1 Å². The van der Waals surface area contributed by atoms with E-state index in [9.17, 15) is 9.59 Å². The van der Waals surface area contributed by atoms with E-state index in [1.807, 2.05) is 13.8 Å². The molecule has 4 N–H and O–H groups in total. The minimum atomic E-state index is -0.0762. The Morgan fingerprint density at radius 3 is 1.73 bits per heavy atom. The van der Waals surface area contributed by atoms with Gasteiger partial charge in [0.15, 0.2) is 11.6 Å². The van der Waals surface area contributed by atoms with Gasteiger partial charge in [-0.3, -0.25) is 9.59 Å². The molecule has 1 aliphatic carbocycles. The van der Waals surface area contributed by atoms with Crippen LogP contribution in [0.2, 0.25) is 0 Å². The highest BCUT2D eigenvalue weighted by molar-refractivity contribution is 6.24. The van der Waals surface area contributed by atoms with Gasteiger partial charge in [-0.25, -0.2) is 0 Å². The molecule has 0 aliphatic heterocycles. The molecule has 0 saturated heterocycles. The smallest absolute Gasteiger partial charge is 0.189 e. The van der Waals surface area contributed by atoms with Crippen molar-refractivity contribution < 1.29 is 9.59 Å². The van der Waals surface area contributed by atoms with Gasteiger partial charge in [0.05, 0.1) is 0 Å². The maximum absolute atomic E-state index is 11.5. The van der Waals surface area contributed by atoms with E-state index in [4.69, 9.17) is 11.5 Å². The zero-order valence-electron chi connectivity index (χ0n) is 14.5. The zero-order valence-corrected chi connectivity index (χ0v) is 14.5. The lowest BCUT2D eigenvalue weighted by Crippen LogP contribution is -2.14. The molecule has 4 heteroatoms. The van der Waals surface area contributed by atoms with Crippen LogP contribution in [0.4, 0.5) is 0 Å². The summed E-state index contributed by atoms with van der Waals surface area (Å²) in [5.74, 6) is -0.122. The first-order valence-corrected chi connectivity index (χ1v) is 7.79. The molecular formula is C18H30N2O2. The number of ketones is 2. The second kappa shape index (κ2) is 14.2. The first-order valence-electron chi connectivity index (χ1n) is 7.79. The van der Waals surface area contributed by atoms with Crippen LogP contribution in [0.1, 0.15) is 61.8 Å². The predicted octanol–water partition coefficient (Wildman–Crippen LogP) is 3.36. The van der Waals surface area contributed by atoms with Crippen LogP contribution in [0.3, 0.4) is 0 Å². The number of hydrogen-bond donors (Lipinski definition) is 2. The van der Waals surface area contributed by atoms with Crippen LogP contribution in [0, 0.1) is 0 Å². The molecule has 0 saturated carbocycles. The van der Waals surface area contributed by atoms with Gasteiger partial charge in [-0.2, -0.15) is 0 Å². The van der Waals surface area contributed by atoms with Crippen molar-refractivity contribution in [3.63, 3.8) is 0 Å². The second-order valence-electron chi connectivity index (χ2n) is 4.35. The number of fused-ring (bicyclic) bond motifs is 1. The quantitative estimate of drug-likeness (QED) is 0.833. The van der Waals surface area contributed by atoms with E-state index in [0.717, 1.165) is 0 Å². The molecule has 0 heterocycles. The number of carbonyl (C=O) groups is 2. The Balaban J connectivity index is 0. The molecule has 1 aromatic rings. The van der Waals surface area contributed by atoms with Crippen LogP contribution in [-0.2, 0) is 0 Å². The molecule has 0 aromatic heterocycles. The van der Waals surface area contributed by atoms with Crippen LogP contribution < -0.4 is 11.5 Å². The monoisotopic (exact) mass is 306 g/mol. The minimum absolute atomic E-state index is 0.0461. The fourth-order valence-electron chi connectivity index (χ4n) is 1.45. The van der Waals surface area contributed by atoms with Gasteiger partial charge >= 0.3 is 0 Å². The van der Waals surface area contributed by atoms with Crippen molar-refractivity contribution in [3.05, 3.63) is 47.0 Å². The Hall–Kier alpha value is -1.78. The third-order valence-corrected chi connectivity index (χ3v) is 2.31. The predicted molar refractivity (Wildman–Crippen MR) is 94.3 cm³/mol. The zero-order chi connectivity index (χ0) is 17.5. The fraction of sp³-hybridized carbons (Fsp3) is 0.444. The van der Waals surface area contributed by atoms with Crippen LogP contribution in [0.25, 0.3) is 0 Å². The van der Waals surface area contributed by atoms with E-state index in [2.05, 4.69) is 13.8 Å². The fourth-order valence-corrected chi connectivity index (χ4v) is 1.45. The summed E-state index contributed by atoms with van der Waals surface area (Å²) in [4.78, 5) is 23.0. The maximum Gasteiger partial charge on any atom is 0.189 e. The average molecular weight is 306 g/mol. The molecular weight excluding hydrogens is 276 g/mol. The van der Waals surface area contributed by atoms with E-state index in [0.29, 0.717) is 29.8 Å². The van der Waals surface area contributed by atoms with Crippen molar-refractivity contribution >= 4 is 11.6 Å². The average Bonchev–Trinajstić information content (AvgIpc) is 2.56. The van der Waals surface area contributed by atoms with Crippen LogP contribution in [0.15, 0.2) is 35.9 Å². The molecule has 124 valence electrons. The van der Waals surface area contributed by atoms with Crippen LogP contribution >= 0.6 is 0 Å². The summed E-state index contributed by atoms with van der Waals surface area (Å²) < 4.78 is 0. The first-order chi connectivity index (χ1) is 10.5. The summed E-state index contributed by atoms with van der Waals surface area (Å²) in [5.41, 5.74) is 11.4. The van der Waals surface area contributed by atoms with Gasteiger partial charge in [-0.1, -0.05) is 58.4 Å². The standard InChI is InChI=1S/C11H8O2.C3H8.C2H8N2.C2H6/c1-7-6-10(12)8-4-2-3-5-9(8)11(7)13;1-3-2;3-1-2-4;1-2/h2-6H,1H3;3H2,1-2H3;1-4H2;1-2H3. The van der Waals surface area contributed by atoms with E-state index < -0.39 is 0 Å². The Morgan fingerprint density at radius 1 is 0.909 bits per heavy atom. The molecule has 1 aromatic carbocycles. The van der Waals surface area contributed by atoms with Gasteiger partial charge < -0.3 is 11.5 Å². The van der Waals surface area contributed by atoms with Gasteiger partial charge in [0.2, 0.25) is 0 Å². The molecule has 22 heavy (non-hydrogen) atoms. The Labute approximate surface area is 134 Å². The molecule has 0 fully saturated rings. The topological polar surface area (TPSA) is 86.2 Å². The van der Waals surface area contributed by atoms with Crippen molar-refractivity contribution in [3.8, 4) is 0 Å². The van der Waals surface area contributed by atoms with Gasteiger partial charge in [0.1, 0.15) is 0 Å². The van der Waals surface area contributed by atoms with Gasteiger partial charge in [-0.15, -0.1) is 0 Å². The molecule has 0 unspecified atom stereocenters.